The number of allylic oxidation sites excluding steroid dienone is 3. The van der Waals surface area contributed by atoms with Gasteiger partial charge in [-0.15, -0.1) is 0 Å². The van der Waals surface area contributed by atoms with Gasteiger partial charge in [-0.2, -0.15) is 0 Å². The maximum Gasteiger partial charge on any atom is 0.197 e. The van der Waals surface area contributed by atoms with Crippen LogP contribution in [0.3, 0.4) is 0 Å². The number of rotatable bonds is 7. The van der Waals surface area contributed by atoms with Crippen molar-refractivity contribution in [3.63, 3.8) is 0 Å². The quantitative estimate of drug-likeness (QED) is 0.119. The van der Waals surface area contributed by atoms with Gasteiger partial charge in [-0.05, 0) is 104 Å². The van der Waals surface area contributed by atoms with Gasteiger partial charge in [0.25, 0.3) is 0 Å². The van der Waals surface area contributed by atoms with Crippen LogP contribution in [-0.2, 0) is 5.41 Å². The molecule has 0 atom stereocenters. The van der Waals surface area contributed by atoms with E-state index in [0.717, 1.165) is 39.0 Å². The van der Waals surface area contributed by atoms with Crippen LogP contribution in [0.5, 0.6) is 0 Å². The molecule has 0 radical (unpaired) electrons. The molecule has 6 aromatic rings. The molecule has 0 amide bonds. The maximum atomic E-state index is 14.3. The van der Waals surface area contributed by atoms with Crippen LogP contribution in [-0.4, -0.2) is 21.5 Å². The number of benzene rings is 5. The van der Waals surface area contributed by atoms with E-state index in [4.69, 9.17) is 9.97 Å². The number of ketones is 2. The Kier molecular flexibility index (Phi) is 9.74. The summed E-state index contributed by atoms with van der Waals surface area (Å²) in [6.45, 7) is 24.5. The van der Waals surface area contributed by atoms with Crippen molar-refractivity contribution in [3.05, 3.63) is 153 Å². The second-order valence-corrected chi connectivity index (χ2v) is 18.2. The summed E-state index contributed by atoms with van der Waals surface area (Å²) in [5.41, 5.74) is 10.6. The molecule has 0 saturated carbocycles. The van der Waals surface area contributed by atoms with Gasteiger partial charge in [0.1, 0.15) is 5.82 Å². The van der Waals surface area contributed by atoms with E-state index >= 15 is 0 Å². The number of carbonyl (C=O) groups is 2. The molecule has 0 N–H and O–H groups in total. The Bertz CT molecular complexity index is 2620. The molecule has 1 aliphatic heterocycles. The van der Waals surface area contributed by atoms with Crippen LogP contribution in [0.25, 0.3) is 21.8 Å². The van der Waals surface area contributed by atoms with E-state index in [0.29, 0.717) is 22.8 Å². The number of para-hydroxylation sites is 2. The molecule has 0 spiro atoms. The zero-order chi connectivity index (χ0) is 41.4. The number of carbonyl (C=O) groups excluding carboxylic acids is 2. The fraction of sp³-hybridized carbons (Fsp3) is 0.308. The van der Waals surface area contributed by atoms with Gasteiger partial charge in [0.15, 0.2) is 23.2 Å². The van der Waals surface area contributed by atoms with E-state index in [1.807, 2.05) is 42.5 Å². The van der Waals surface area contributed by atoms with E-state index in [1.54, 1.807) is 6.08 Å². The standard InChI is InChI=1S/C52H54N4O2/c1-29(2)36-18-14-19-37(30(3)4)46(36)55-45(25-23-40-48(57)41-26-33-16-12-13-17-34(33)27-42(41)49(40)58)56(47-38(31(5)6)20-15-21-39(47)32(7)8)51-50(55)53-43-24-22-35(52(9,10)11)28-44(43)54-51/h12-32H,1-11H3/b45-25-. The van der Waals surface area contributed by atoms with Gasteiger partial charge < -0.3 is 0 Å². The van der Waals surface area contributed by atoms with Gasteiger partial charge in [-0.3, -0.25) is 19.4 Å². The third-order valence-electron chi connectivity index (χ3n) is 11.8. The molecule has 0 fully saturated rings. The lowest BCUT2D eigenvalue weighted by molar-refractivity contribution is 0.0988. The molecule has 58 heavy (non-hydrogen) atoms. The molecule has 1 aliphatic carbocycles. The molecular formula is C52H54N4O2. The second kappa shape index (κ2) is 14.5. The lowest BCUT2D eigenvalue weighted by Crippen LogP contribution is -2.26. The van der Waals surface area contributed by atoms with Crippen molar-refractivity contribution in [2.24, 2.45) is 0 Å². The first-order chi connectivity index (χ1) is 27.6. The summed E-state index contributed by atoms with van der Waals surface area (Å²) >= 11 is 0. The Morgan fingerprint density at radius 1 is 0.517 bits per heavy atom. The predicted molar refractivity (Wildman–Crippen MR) is 241 cm³/mol. The summed E-state index contributed by atoms with van der Waals surface area (Å²) in [4.78, 5) is 44.1. The molecule has 8 rings (SSSR count). The SMILES string of the molecule is CC(C)c1cccc(C(C)C)c1N1/C(=C/C=C2C(=O)c3cc4ccccc4cc3C2=O)N(c2c(C(C)C)cccc2C(C)C)c2nc3cc(C(C)(C)C)ccc3nc21. The fourth-order valence-corrected chi connectivity index (χ4v) is 8.57. The molecule has 2 heterocycles. The topological polar surface area (TPSA) is 66.4 Å². The summed E-state index contributed by atoms with van der Waals surface area (Å²) in [7, 11) is 0. The van der Waals surface area contributed by atoms with Crippen LogP contribution >= 0.6 is 0 Å². The highest BCUT2D eigenvalue weighted by atomic mass is 16.2. The first-order valence-electron chi connectivity index (χ1n) is 20.8. The minimum absolute atomic E-state index is 0.0843. The Balaban J connectivity index is 1.49. The van der Waals surface area contributed by atoms with E-state index in [9.17, 15) is 9.59 Å². The highest BCUT2D eigenvalue weighted by Crippen LogP contribution is 2.54. The van der Waals surface area contributed by atoms with Crippen LogP contribution in [0.2, 0.25) is 0 Å². The van der Waals surface area contributed by atoms with Crippen LogP contribution in [0.4, 0.5) is 23.0 Å². The van der Waals surface area contributed by atoms with Crippen molar-refractivity contribution in [2.45, 2.75) is 105 Å². The zero-order valence-corrected chi connectivity index (χ0v) is 35.7. The summed E-state index contributed by atoms with van der Waals surface area (Å²) in [6, 6.07) is 31.1. The maximum absolute atomic E-state index is 14.3. The van der Waals surface area contributed by atoms with Crippen LogP contribution in [0.15, 0.2) is 115 Å². The van der Waals surface area contributed by atoms with Gasteiger partial charge in [0, 0.05) is 11.1 Å². The molecule has 0 saturated heterocycles. The summed E-state index contributed by atoms with van der Waals surface area (Å²) in [6.07, 6.45) is 3.71. The Morgan fingerprint density at radius 2 is 0.948 bits per heavy atom. The average molecular weight is 767 g/mol. The minimum Gasteiger partial charge on any atom is -0.288 e. The third kappa shape index (κ3) is 6.43. The normalized spacial score (nSPS) is 15.1. The first kappa shape index (κ1) is 39.0. The van der Waals surface area contributed by atoms with E-state index in [1.165, 1.54) is 27.8 Å². The summed E-state index contributed by atoms with van der Waals surface area (Å²) in [5, 5.41) is 1.87. The van der Waals surface area contributed by atoms with Crippen molar-refractivity contribution in [1.82, 2.24) is 9.97 Å². The zero-order valence-electron chi connectivity index (χ0n) is 35.7. The highest BCUT2D eigenvalue weighted by Gasteiger charge is 2.42. The molecule has 294 valence electrons. The molecule has 5 aromatic carbocycles. The van der Waals surface area contributed by atoms with Crippen LogP contribution in [0, 0.1) is 0 Å². The van der Waals surface area contributed by atoms with Gasteiger partial charge in [0.05, 0.1) is 28.0 Å². The number of hydrogen-bond donors (Lipinski definition) is 0. The number of anilines is 4. The summed E-state index contributed by atoms with van der Waals surface area (Å²) < 4.78 is 0. The number of nitrogens with zero attached hydrogens (tertiary/aromatic N) is 4. The number of hydrogen-bond acceptors (Lipinski definition) is 6. The molecule has 0 unspecified atom stereocenters. The van der Waals surface area contributed by atoms with Crippen molar-refractivity contribution in [1.29, 1.82) is 0 Å². The van der Waals surface area contributed by atoms with Gasteiger partial charge in [-0.25, -0.2) is 9.97 Å². The van der Waals surface area contributed by atoms with Crippen molar-refractivity contribution < 1.29 is 9.59 Å². The average Bonchev–Trinajstić information content (AvgIpc) is 3.61. The van der Waals surface area contributed by atoms with Gasteiger partial charge in [-0.1, -0.05) is 143 Å². The molecular weight excluding hydrogens is 713 g/mol. The van der Waals surface area contributed by atoms with Crippen LogP contribution in [0.1, 0.15) is 148 Å². The van der Waals surface area contributed by atoms with Crippen molar-refractivity contribution >= 4 is 56.4 Å². The lowest BCUT2D eigenvalue weighted by Gasteiger charge is -2.32. The van der Waals surface area contributed by atoms with Gasteiger partial charge in [0.2, 0.25) is 0 Å². The van der Waals surface area contributed by atoms with Crippen molar-refractivity contribution in [2.75, 3.05) is 9.80 Å². The second-order valence-electron chi connectivity index (χ2n) is 18.2. The number of Topliss-reactive ketones (excluding diaryl/α,β-unsaturated/α-hetero) is 2. The van der Waals surface area contributed by atoms with Crippen molar-refractivity contribution in [3.8, 4) is 0 Å². The predicted octanol–water partition coefficient (Wildman–Crippen LogP) is 13.7. The Hall–Kier alpha value is -5.88. The van der Waals surface area contributed by atoms with E-state index in [2.05, 4.69) is 141 Å². The Morgan fingerprint density at radius 3 is 1.36 bits per heavy atom. The van der Waals surface area contributed by atoms with Gasteiger partial charge >= 0.3 is 0 Å². The number of fused-ring (bicyclic) bond motifs is 4. The first-order valence-corrected chi connectivity index (χ1v) is 20.8. The summed E-state index contributed by atoms with van der Waals surface area (Å²) in [5.74, 6) is 2.40. The molecule has 6 heteroatoms. The molecule has 1 aromatic heterocycles. The van der Waals surface area contributed by atoms with E-state index < -0.39 is 0 Å². The lowest BCUT2D eigenvalue weighted by atomic mass is 9.87. The molecule has 0 bridgehead atoms. The molecule has 6 nitrogen and oxygen atoms in total. The minimum atomic E-state index is -0.260. The third-order valence-corrected chi connectivity index (χ3v) is 11.8. The van der Waals surface area contributed by atoms with Crippen LogP contribution < -0.4 is 9.80 Å². The highest BCUT2D eigenvalue weighted by molar-refractivity contribution is 6.40. The Labute approximate surface area is 343 Å². The number of aromatic nitrogens is 2. The van der Waals surface area contributed by atoms with E-state index in [-0.39, 0.29) is 46.2 Å². The largest absolute Gasteiger partial charge is 0.288 e. The smallest absolute Gasteiger partial charge is 0.197 e. The monoisotopic (exact) mass is 766 g/mol. The molecule has 2 aliphatic rings. The fourth-order valence-electron chi connectivity index (χ4n) is 8.57.